The van der Waals surface area contributed by atoms with E-state index in [1.165, 1.54) is 0 Å². The minimum atomic E-state index is -3.34. The SMILES string of the molecule is CSC1CC2CCC(C1)N2S(=O)(=O)c1ccc(Br)cc1. The van der Waals surface area contributed by atoms with Crippen molar-refractivity contribution in [1.82, 2.24) is 4.31 Å². The lowest BCUT2D eigenvalue weighted by Gasteiger charge is -2.37. The molecule has 0 saturated carbocycles. The minimum absolute atomic E-state index is 0.194. The van der Waals surface area contributed by atoms with Crippen LogP contribution in [0.25, 0.3) is 0 Å². The molecule has 2 unspecified atom stereocenters. The fraction of sp³-hybridized carbons (Fsp3) is 0.571. The number of nitrogens with zero attached hydrogens (tertiary/aromatic N) is 1. The second-order valence-corrected chi connectivity index (χ2v) is 9.40. The van der Waals surface area contributed by atoms with Crippen LogP contribution in [0.15, 0.2) is 33.6 Å². The molecule has 0 N–H and O–H groups in total. The number of piperidine rings is 1. The highest BCUT2D eigenvalue weighted by Gasteiger charge is 2.46. The van der Waals surface area contributed by atoms with Gasteiger partial charge in [-0.05, 0) is 56.2 Å². The molecule has 2 heterocycles. The standard InChI is InChI=1S/C14H18BrNO2S2/c1-19-13-8-11-4-5-12(9-13)16(11)20(17,18)14-6-2-10(15)3-7-14/h2-3,6-7,11-13H,4-5,8-9H2,1H3. The maximum atomic E-state index is 12.9. The largest absolute Gasteiger partial charge is 0.243 e. The van der Waals surface area contributed by atoms with E-state index in [0.717, 1.165) is 30.2 Å². The molecule has 110 valence electrons. The van der Waals surface area contributed by atoms with Gasteiger partial charge in [-0.15, -0.1) is 0 Å². The average Bonchev–Trinajstić information content (AvgIpc) is 2.71. The molecule has 0 aliphatic carbocycles. The zero-order valence-electron chi connectivity index (χ0n) is 11.3. The molecular weight excluding hydrogens is 358 g/mol. The lowest BCUT2D eigenvalue weighted by atomic mass is 10.1. The van der Waals surface area contributed by atoms with Gasteiger partial charge in [-0.25, -0.2) is 8.42 Å². The molecule has 2 saturated heterocycles. The van der Waals surface area contributed by atoms with Gasteiger partial charge in [0.2, 0.25) is 10.0 Å². The molecule has 2 aliphatic rings. The van der Waals surface area contributed by atoms with Crippen molar-refractivity contribution >= 4 is 37.7 Å². The molecule has 0 radical (unpaired) electrons. The highest BCUT2D eigenvalue weighted by molar-refractivity contribution is 9.10. The van der Waals surface area contributed by atoms with Crippen molar-refractivity contribution in [2.24, 2.45) is 0 Å². The Balaban J connectivity index is 1.91. The Hall–Kier alpha value is -0.0400. The van der Waals surface area contributed by atoms with Crippen molar-refractivity contribution in [1.29, 1.82) is 0 Å². The third kappa shape index (κ3) is 2.56. The number of halogens is 1. The molecule has 2 fully saturated rings. The minimum Gasteiger partial charge on any atom is -0.207 e. The van der Waals surface area contributed by atoms with Crippen LogP contribution in [0, 0.1) is 0 Å². The number of hydrogen-bond donors (Lipinski definition) is 0. The lowest BCUT2D eigenvalue weighted by molar-refractivity contribution is 0.253. The number of sulfonamides is 1. The molecule has 2 bridgehead atoms. The first kappa shape index (κ1) is 14.9. The molecule has 3 rings (SSSR count). The third-order valence-corrected chi connectivity index (χ3v) is 7.94. The number of benzene rings is 1. The summed E-state index contributed by atoms with van der Waals surface area (Å²) in [6, 6.07) is 7.37. The van der Waals surface area contributed by atoms with Gasteiger partial charge in [0, 0.05) is 21.8 Å². The van der Waals surface area contributed by atoms with Crippen LogP contribution in [0.1, 0.15) is 25.7 Å². The summed E-state index contributed by atoms with van der Waals surface area (Å²) >= 11 is 5.23. The van der Waals surface area contributed by atoms with Crippen LogP contribution in [0.3, 0.4) is 0 Å². The molecular formula is C14H18BrNO2S2. The van der Waals surface area contributed by atoms with Crippen LogP contribution in [0.5, 0.6) is 0 Å². The van der Waals surface area contributed by atoms with Crippen LogP contribution in [0.2, 0.25) is 0 Å². The van der Waals surface area contributed by atoms with Gasteiger partial charge >= 0.3 is 0 Å². The summed E-state index contributed by atoms with van der Waals surface area (Å²) in [7, 11) is -3.34. The van der Waals surface area contributed by atoms with Crippen molar-refractivity contribution < 1.29 is 8.42 Å². The first-order valence-electron chi connectivity index (χ1n) is 6.84. The fourth-order valence-electron chi connectivity index (χ4n) is 3.40. The Labute approximate surface area is 133 Å². The summed E-state index contributed by atoms with van der Waals surface area (Å²) in [4.78, 5) is 0.417. The molecule has 1 aromatic carbocycles. The third-order valence-electron chi connectivity index (χ3n) is 4.35. The quantitative estimate of drug-likeness (QED) is 0.811. The molecule has 20 heavy (non-hydrogen) atoms. The first-order valence-corrected chi connectivity index (χ1v) is 10.4. The van der Waals surface area contributed by atoms with Gasteiger partial charge in [-0.1, -0.05) is 15.9 Å². The van der Waals surface area contributed by atoms with Crippen molar-refractivity contribution in [3.8, 4) is 0 Å². The van der Waals surface area contributed by atoms with E-state index >= 15 is 0 Å². The molecule has 3 nitrogen and oxygen atoms in total. The Morgan fingerprint density at radius 3 is 2.20 bits per heavy atom. The van der Waals surface area contributed by atoms with E-state index in [1.54, 1.807) is 28.6 Å². The Bertz CT molecular complexity index is 574. The molecule has 1 aromatic rings. The molecule has 6 heteroatoms. The molecule has 0 amide bonds. The summed E-state index contributed by atoms with van der Waals surface area (Å²) in [6.45, 7) is 0. The van der Waals surface area contributed by atoms with Gasteiger partial charge in [-0.3, -0.25) is 0 Å². The van der Waals surface area contributed by atoms with Gasteiger partial charge in [0.05, 0.1) is 4.90 Å². The van der Waals surface area contributed by atoms with Crippen molar-refractivity contribution in [3.63, 3.8) is 0 Å². The zero-order valence-corrected chi connectivity index (χ0v) is 14.5. The summed E-state index contributed by atoms with van der Waals surface area (Å²) in [5, 5.41) is 0.615. The second-order valence-electron chi connectivity index (χ2n) is 5.50. The van der Waals surface area contributed by atoms with Gasteiger partial charge in [-0.2, -0.15) is 16.1 Å². The van der Waals surface area contributed by atoms with Crippen LogP contribution in [0.4, 0.5) is 0 Å². The normalized spacial score (nSPS) is 30.6. The summed E-state index contributed by atoms with van der Waals surface area (Å²) < 4.78 is 28.4. The lowest BCUT2D eigenvalue weighted by Crippen LogP contribution is -2.47. The predicted octanol–water partition coefficient (Wildman–Crippen LogP) is 3.50. The average molecular weight is 376 g/mol. The molecule has 0 spiro atoms. The highest BCUT2D eigenvalue weighted by Crippen LogP contribution is 2.42. The summed E-state index contributed by atoms with van der Waals surface area (Å²) in [5.41, 5.74) is 0. The molecule has 0 aromatic heterocycles. The topological polar surface area (TPSA) is 37.4 Å². The summed E-state index contributed by atoms with van der Waals surface area (Å²) in [5.74, 6) is 0. The van der Waals surface area contributed by atoms with Crippen molar-refractivity contribution in [2.45, 2.75) is 47.9 Å². The fourth-order valence-corrected chi connectivity index (χ4v) is 6.38. The second kappa shape index (κ2) is 5.63. The number of thioether (sulfide) groups is 1. The van der Waals surface area contributed by atoms with Crippen LogP contribution in [-0.4, -0.2) is 36.3 Å². The number of fused-ring (bicyclic) bond motifs is 2. The summed E-state index contributed by atoms with van der Waals surface area (Å²) in [6.07, 6.45) is 6.14. The predicted molar refractivity (Wildman–Crippen MR) is 86.5 cm³/mol. The number of hydrogen-bond acceptors (Lipinski definition) is 3. The van der Waals surface area contributed by atoms with E-state index in [1.807, 2.05) is 11.8 Å². The zero-order chi connectivity index (χ0) is 14.3. The van der Waals surface area contributed by atoms with Crippen LogP contribution >= 0.6 is 27.7 Å². The van der Waals surface area contributed by atoms with E-state index in [0.29, 0.717) is 10.1 Å². The monoisotopic (exact) mass is 375 g/mol. The van der Waals surface area contributed by atoms with E-state index in [4.69, 9.17) is 0 Å². The molecule has 2 atom stereocenters. The van der Waals surface area contributed by atoms with Gasteiger partial charge in [0.1, 0.15) is 0 Å². The van der Waals surface area contributed by atoms with Gasteiger partial charge in [0.15, 0.2) is 0 Å². The maximum Gasteiger partial charge on any atom is 0.243 e. The smallest absolute Gasteiger partial charge is 0.207 e. The van der Waals surface area contributed by atoms with Crippen LogP contribution in [-0.2, 0) is 10.0 Å². The highest BCUT2D eigenvalue weighted by atomic mass is 79.9. The van der Waals surface area contributed by atoms with Gasteiger partial charge < -0.3 is 0 Å². The van der Waals surface area contributed by atoms with E-state index < -0.39 is 10.0 Å². The first-order chi connectivity index (χ1) is 9.52. The van der Waals surface area contributed by atoms with Gasteiger partial charge in [0.25, 0.3) is 0 Å². The Morgan fingerprint density at radius 1 is 1.15 bits per heavy atom. The number of rotatable bonds is 3. The van der Waals surface area contributed by atoms with Crippen LogP contribution < -0.4 is 0 Å². The van der Waals surface area contributed by atoms with E-state index in [9.17, 15) is 8.42 Å². The Kier molecular flexibility index (Phi) is 4.19. The van der Waals surface area contributed by atoms with E-state index in [-0.39, 0.29) is 12.1 Å². The van der Waals surface area contributed by atoms with Crippen molar-refractivity contribution in [2.75, 3.05) is 6.26 Å². The van der Waals surface area contributed by atoms with E-state index in [2.05, 4.69) is 22.2 Å². The van der Waals surface area contributed by atoms with Crippen molar-refractivity contribution in [3.05, 3.63) is 28.7 Å². The molecule has 2 aliphatic heterocycles. The maximum absolute atomic E-state index is 12.9. The Morgan fingerprint density at radius 2 is 1.70 bits per heavy atom.